The van der Waals surface area contributed by atoms with E-state index in [1.807, 2.05) is 49.0 Å². The van der Waals surface area contributed by atoms with Crippen LogP contribution < -0.4 is 55.2 Å². The van der Waals surface area contributed by atoms with Gasteiger partial charge in [-0.3, -0.25) is 9.48 Å². The van der Waals surface area contributed by atoms with E-state index < -0.39 is 0 Å². The average molecular weight is 525 g/mol. The first-order valence-corrected chi connectivity index (χ1v) is 4.51. The van der Waals surface area contributed by atoms with Gasteiger partial charge >= 0.3 is 21.1 Å². The summed E-state index contributed by atoms with van der Waals surface area (Å²) in [5.41, 5.74) is 1.86. The second kappa shape index (κ2) is 11.9. The normalized spacial score (nSPS) is 7.68. The number of rotatable bonds is 1. The largest absolute Gasteiger partial charge is 2.00 e. The standard InChI is InChI=1S/C11H12N2O.4ClH.Pt/c1-9-8-11(14)13(12(9)2)10-6-4-3-5-7-10;;;;;/h3-8H,1-2H3;4*1H;/q;;;;;+2/p-4. The third-order valence-corrected chi connectivity index (χ3v) is 2.35. The maximum atomic E-state index is 11.6. The summed E-state index contributed by atoms with van der Waals surface area (Å²) in [6, 6.07) is 11.2. The Kier molecular flexibility index (Phi) is 17.1. The van der Waals surface area contributed by atoms with Crippen LogP contribution in [0, 0.1) is 6.92 Å². The van der Waals surface area contributed by atoms with Crippen molar-refractivity contribution in [2.45, 2.75) is 6.92 Å². The molecule has 19 heavy (non-hydrogen) atoms. The average Bonchev–Trinajstić information content (AvgIpc) is 2.43. The van der Waals surface area contributed by atoms with E-state index in [0.29, 0.717) is 0 Å². The molecule has 0 atom stereocenters. The van der Waals surface area contributed by atoms with Gasteiger partial charge < -0.3 is 49.6 Å². The topological polar surface area (TPSA) is 26.9 Å². The zero-order chi connectivity index (χ0) is 10.1. The Labute approximate surface area is 151 Å². The van der Waals surface area contributed by atoms with E-state index in [2.05, 4.69) is 0 Å². The molecule has 0 aliphatic heterocycles. The van der Waals surface area contributed by atoms with Gasteiger partial charge in [0.15, 0.2) is 0 Å². The third kappa shape index (κ3) is 5.93. The van der Waals surface area contributed by atoms with Crippen LogP contribution in [0.1, 0.15) is 5.69 Å². The summed E-state index contributed by atoms with van der Waals surface area (Å²) in [5.74, 6) is 0. The van der Waals surface area contributed by atoms with E-state index >= 15 is 0 Å². The number of benzene rings is 1. The van der Waals surface area contributed by atoms with Gasteiger partial charge in [0.1, 0.15) is 0 Å². The first kappa shape index (κ1) is 27.4. The number of halogens is 4. The number of hydrogen-bond acceptors (Lipinski definition) is 1. The van der Waals surface area contributed by atoms with Crippen LogP contribution in [0.4, 0.5) is 0 Å². The molecule has 0 aliphatic rings. The van der Waals surface area contributed by atoms with Crippen molar-refractivity contribution >= 4 is 0 Å². The predicted molar refractivity (Wildman–Crippen MR) is 55.7 cm³/mol. The molecule has 112 valence electrons. The number of nitrogens with zero attached hydrogens (tertiary/aromatic N) is 2. The molecule has 1 heterocycles. The van der Waals surface area contributed by atoms with E-state index in [9.17, 15) is 4.79 Å². The molecule has 0 unspecified atom stereocenters. The molecule has 1 aromatic heterocycles. The molecule has 0 amide bonds. The fourth-order valence-electron chi connectivity index (χ4n) is 1.51. The summed E-state index contributed by atoms with van der Waals surface area (Å²) in [5, 5.41) is 0. The second-order valence-corrected chi connectivity index (χ2v) is 3.29. The van der Waals surface area contributed by atoms with Crippen molar-refractivity contribution in [1.82, 2.24) is 9.36 Å². The first-order valence-electron chi connectivity index (χ1n) is 4.51. The monoisotopic (exact) mass is 523 g/mol. The minimum Gasteiger partial charge on any atom is -1.00 e. The predicted octanol–water partition coefficient (Wildman–Crippen LogP) is -10.5. The van der Waals surface area contributed by atoms with Gasteiger partial charge in [-0.1, -0.05) is 18.2 Å². The van der Waals surface area contributed by atoms with Gasteiger partial charge in [-0.2, -0.15) is 0 Å². The van der Waals surface area contributed by atoms with Crippen molar-refractivity contribution in [3.05, 3.63) is 52.4 Å². The molecule has 2 rings (SSSR count). The van der Waals surface area contributed by atoms with Crippen molar-refractivity contribution < 1.29 is 70.7 Å². The SMILES string of the molecule is Cc1cc(=O)n(-c2ccccc2)n1C.[Cl-].[Cl-].[Cl-].[Cl-].[Pt+2]. The molecule has 1 aromatic carbocycles. The molecular weight excluding hydrogens is 513 g/mol. The van der Waals surface area contributed by atoms with E-state index in [0.717, 1.165) is 11.4 Å². The number of aryl methyl sites for hydroxylation is 1. The molecule has 0 fully saturated rings. The Bertz CT molecular complexity index is 513. The van der Waals surface area contributed by atoms with Gasteiger partial charge in [0.2, 0.25) is 0 Å². The third-order valence-electron chi connectivity index (χ3n) is 2.35. The zero-order valence-electron chi connectivity index (χ0n) is 10.1. The number of hydrogen-bond donors (Lipinski definition) is 0. The van der Waals surface area contributed by atoms with Gasteiger partial charge in [0, 0.05) is 18.8 Å². The van der Waals surface area contributed by atoms with E-state index in [1.54, 1.807) is 10.7 Å². The van der Waals surface area contributed by atoms with Gasteiger partial charge in [0.25, 0.3) is 5.56 Å². The maximum absolute atomic E-state index is 11.6. The summed E-state index contributed by atoms with van der Waals surface area (Å²) < 4.78 is 3.49. The van der Waals surface area contributed by atoms with Crippen LogP contribution in [0.3, 0.4) is 0 Å². The molecule has 2 aromatic rings. The first-order chi connectivity index (χ1) is 6.70. The minimum absolute atomic E-state index is 0. The summed E-state index contributed by atoms with van der Waals surface area (Å²) in [6.07, 6.45) is 0. The van der Waals surface area contributed by atoms with Crippen LogP contribution in [0.5, 0.6) is 0 Å². The van der Waals surface area contributed by atoms with Crippen LogP contribution in [-0.2, 0) is 28.1 Å². The van der Waals surface area contributed by atoms with Crippen molar-refractivity contribution in [3.63, 3.8) is 0 Å². The van der Waals surface area contributed by atoms with Gasteiger partial charge in [0.05, 0.1) is 5.69 Å². The maximum Gasteiger partial charge on any atom is 2.00 e. The van der Waals surface area contributed by atoms with Crippen LogP contribution in [-0.4, -0.2) is 9.36 Å². The van der Waals surface area contributed by atoms with Crippen LogP contribution in [0.15, 0.2) is 41.2 Å². The van der Waals surface area contributed by atoms with Gasteiger partial charge in [-0.05, 0) is 19.1 Å². The molecule has 0 saturated carbocycles. The summed E-state index contributed by atoms with van der Waals surface area (Å²) in [4.78, 5) is 11.6. The van der Waals surface area contributed by atoms with E-state index in [-0.39, 0.29) is 76.3 Å². The smallest absolute Gasteiger partial charge is 1.00 e. The van der Waals surface area contributed by atoms with Crippen LogP contribution in [0.2, 0.25) is 0 Å². The van der Waals surface area contributed by atoms with Crippen molar-refractivity contribution in [3.8, 4) is 5.69 Å². The van der Waals surface area contributed by atoms with Crippen molar-refractivity contribution in [2.24, 2.45) is 7.05 Å². The summed E-state index contributed by atoms with van der Waals surface area (Å²) in [7, 11) is 1.88. The summed E-state index contributed by atoms with van der Waals surface area (Å²) in [6.45, 7) is 1.92. The molecule has 8 heteroatoms. The van der Waals surface area contributed by atoms with Gasteiger partial charge in [-0.15, -0.1) is 0 Å². The molecule has 3 nitrogen and oxygen atoms in total. The zero-order valence-corrected chi connectivity index (χ0v) is 15.4. The van der Waals surface area contributed by atoms with Crippen LogP contribution in [0.25, 0.3) is 5.69 Å². The van der Waals surface area contributed by atoms with Crippen molar-refractivity contribution in [1.29, 1.82) is 0 Å². The Balaban J connectivity index is -0.000000225. The quantitative estimate of drug-likeness (QED) is 0.364. The van der Waals surface area contributed by atoms with E-state index in [4.69, 9.17) is 0 Å². The molecule has 0 aliphatic carbocycles. The number of aromatic nitrogens is 2. The molecule has 0 bridgehead atoms. The minimum atomic E-state index is 0. The number of para-hydroxylation sites is 1. The molecule has 0 N–H and O–H groups in total. The Morgan fingerprint density at radius 3 is 1.79 bits per heavy atom. The van der Waals surface area contributed by atoms with Crippen LogP contribution >= 0.6 is 0 Å². The molecular formula is C11H12Cl4N2OPt-2. The van der Waals surface area contributed by atoms with Gasteiger partial charge in [-0.25, -0.2) is 4.68 Å². The molecule has 0 radical (unpaired) electrons. The van der Waals surface area contributed by atoms with E-state index in [1.165, 1.54) is 0 Å². The second-order valence-electron chi connectivity index (χ2n) is 3.29. The fraction of sp³-hybridized carbons (Fsp3) is 0.182. The summed E-state index contributed by atoms with van der Waals surface area (Å²) >= 11 is 0. The fourth-order valence-corrected chi connectivity index (χ4v) is 1.51. The van der Waals surface area contributed by atoms with Crippen molar-refractivity contribution in [2.75, 3.05) is 0 Å². The Morgan fingerprint density at radius 2 is 1.42 bits per heavy atom. The Hall–Kier alpha value is 0.0783. The molecule has 0 spiro atoms. The Morgan fingerprint density at radius 1 is 0.947 bits per heavy atom. The molecule has 0 saturated heterocycles.